The fourth-order valence-electron chi connectivity index (χ4n) is 1.23. The molecular formula is C12H19N3O. The number of benzene rings is 1. The Morgan fingerprint density at radius 2 is 2.06 bits per heavy atom. The van der Waals surface area contributed by atoms with Gasteiger partial charge in [0.1, 0.15) is 12.4 Å². The highest BCUT2D eigenvalue weighted by molar-refractivity contribution is 5.77. The summed E-state index contributed by atoms with van der Waals surface area (Å²) in [6.07, 6.45) is 0. The number of hydrogen-bond donors (Lipinski definition) is 1. The number of para-hydroxylation sites is 1. The number of guanidine groups is 1. The molecule has 1 rings (SSSR count). The smallest absolute Gasteiger partial charge is 0.191 e. The van der Waals surface area contributed by atoms with Crippen molar-refractivity contribution in [3.05, 3.63) is 30.3 Å². The van der Waals surface area contributed by atoms with Gasteiger partial charge in [-0.1, -0.05) is 18.2 Å². The van der Waals surface area contributed by atoms with Crippen LogP contribution in [0.25, 0.3) is 0 Å². The third-order valence-corrected chi connectivity index (χ3v) is 2.49. The lowest BCUT2D eigenvalue weighted by Crippen LogP contribution is -2.43. The molecule has 4 nitrogen and oxygen atoms in total. The molecule has 16 heavy (non-hydrogen) atoms. The number of ether oxygens (including phenoxy) is 1. The van der Waals surface area contributed by atoms with Crippen LogP contribution in [0.4, 0.5) is 0 Å². The first-order valence-corrected chi connectivity index (χ1v) is 5.28. The fraction of sp³-hybridized carbons (Fsp3) is 0.417. The highest BCUT2D eigenvalue weighted by atomic mass is 16.5. The van der Waals surface area contributed by atoms with Crippen LogP contribution in [-0.4, -0.2) is 37.6 Å². The maximum Gasteiger partial charge on any atom is 0.191 e. The molecule has 0 aromatic heterocycles. The maximum atomic E-state index is 5.71. The standard InChI is InChI=1S/C12H19N3O/c1-10(15(3)12(13)14-2)9-16-11-7-5-4-6-8-11/h4-8,10H,9H2,1-3H3,(H2,13,14). The molecule has 0 bridgehead atoms. The first-order valence-electron chi connectivity index (χ1n) is 5.28. The Bertz CT molecular complexity index is 337. The molecule has 2 N–H and O–H groups in total. The van der Waals surface area contributed by atoms with E-state index in [0.29, 0.717) is 12.6 Å². The van der Waals surface area contributed by atoms with E-state index < -0.39 is 0 Å². The first kappa shape index (κ1) is 12.4. The van der Waals surface area contributed by atoms with Crippen molar-refractivity contribution in [3.63, 3.8) is 0 Å². The summed E-state index contributed by atoms with van der Waals surface area (Å²) in [5.74, 6) is 1.39. The second-order valence-electron chi connectivity index (χ2n) is 3.67. The molecule has 1 aromatic carbocycles. The van der Waals surface area contributed by atoms with E-state index in [1.165, 1.54) is 0 Å². The zero-order valence-electron chi connectivity index (χ0n) is 10.1. The van der Waals surface area contributed by atoms with Crippen molar-refractivity contribution in [1.29, 1.82) is 0 Å². The largest absolute Gasteiger partial charge is 0.491 e. The molecule has 0 saturated carbocycles. The lowest BCUT2D eigenvalue weighted by molar-refractivity contribution is 0.226. The zero-order valence-corrected chi connectivity index (χ0v) is 10.1. The molecule has 0 radical (unpaired) electrons. The summed E-state index contributed by atoms with van der Waals surface area (Å²) in [4.78, 5) is 5.82. The molecule has 88 valence electrons. The van der Waals surface area contributed by atoms with Crippen LogP contribution in [0.1, 0.15) is 6.92 Å². The van der Waals surface area contributed by atoms with Crippen LogP contribution in [0, 0.1) is 0 Å². The highest BCUT2D eigenvalue weighted by Crippen LogP contribution is 2.09. The van der Waals surface area contributed by atoms with Crippen molar-refractivity contribution in [2.45, 2.75) is 13.0 Å². The van der Waals surface area contributed by atoms with Gasteiger partial charge in [0, 0.05) is 14.1 Å². The Morgan fingerprint density at radius 3 is 2.62 bits per heavy atom. The van der Waals surface area contributed by atoms with Gasteiger partial charge in [0.2, 0.25) is 0 Å². The predicted octanol–water partition coefficient (Wildman–Crippen LogP) is 1.33. The quantitative estimate of drug-likeness (QED) is 0.616. The van der Waals surface area contributed by atoms with Gasteiger partial charge in [-0.3, -0.25) is 4.99 Å². The summed E-state index contributed by atoms with van der Waals surface area (Å²) in [6, 6.07) is 9.92. The van der Waals surface area contributed by atoms with Crippen molar-refractivity contribution in [1.82, 2.24) is 4.90 Å². The Balaban J connectivity index is 2.44. The average Bonchev–Trinajstić information content (AvgIpc) is 2.35. The Hall–Kier alpha value is -1.71. The topological polar surface area (TPSA) is 50.8 Å². The lowest BCUT2D eigenvalue weighted by atomic mass is 10.3. The Kier molecular flexibility index (Phi) is 4.64. The molecule has 0 aliphatic carbocycles. The van der Waals surface area contributed by atoms with E-state index in [0.717, 1.165) is 5.75 Å². The number of aliphatic imine (C=N–C) groups is 1. The summed E-state index contributed by atoms with van der Waals surface area (Å²) < 4.78 is 5.63. The van der Waals surface area contributed by atoms with E-state index in [-0.39, 0.29) is 6.04 Å². The van der Waals surface area contributed by atoms with Crippen molar-refractivity contribution in [2.24, 2.45) is 10.7 Å². The third-order valence-electron chi connectivity index (χ3n) is 2.49. The summed E-state index contributed by atoms with van der Waals surface area (Å²) >= 11 is 0. The van der Waals surface area contributed by atoms with Crippen LogP contribution >= 0.6 is 0 Å². The van der Waals surface area contributed by atoms with Gasteiger partial charge >= 0.3 is 0 Å². The summed E-state index contributed by atoms with van der Waals surface area (Å²) in [6.45, 7) is 2.62. The minimum Gasteiger partial charge on any atom is -0.491 e. The number of nitrogens with zero attached hydrogens (tertiary/aromatic N) is 2. The molecule has 0 heterocycles. The zero-order chi connectivity index (χ0) is 12.0. The number of rotatable bonds is 4. The molecule has 0 fully saturated rings. The molecule has 0 aliphatic heterocycles. The van der Waals surface area contributed by atoms with Gasteiger partial charge in [0.15, 0.2) is 5.96 Å². The number of likely N-dealkylation sites (N-methyl/N-ethyl adjacent to an activating group) is 1. The summed E-state index contributed by atoms with van der Waals surface area (Å²) in [5, 5.41) is 0. The molecule has 0 aliphatic rings. The minimum absolute atomic E-state index is 0.184. The van der Waals surface area contributed by atoms with E-state index in [2.05, 4.69) is 4.99 Å². The second-order valence-corrected chi connectivity index (χ2v) is 3.67. The second kappa shape index (κ2) is 6.00. The van der Waals surface area contributed by atoms with Gasteiger partial charge in [0.25, 0.3) is 0 Å². The summed E-state index contributed by atoms with van der Waals surface area (Å²) in [7, 11) is 3.58. The van der Waals surface area contributed by atoms with Crippen LogP contribution in [0.5, 0.6) is 5.75 Å². The van der Waals surface area contributed by atoms with Crippen LogP contribution in [0.3, 0.4) is 0 Å². The lowest BCUT2D eigenvalue weighted by Gasteiger charge is -2.25. The Morgan fingerprint density at radius 1 is 1.44 bits per heavy atom. The molecule has 1 unspecified atom stereocenters. The van der Waals surface area contributed by atoms with Gasteiger partial charge in [-0.15, -0.1) is 0 Å². The predicted molar refractivity (Wildman–Crippen MR) is 66.7 cm³/mol. The van der Waals surface area contributed by atoms with E-state index in [1.807, 2.05) is 49.2 Å². The maximum absolute atomic E-state index is 5.71. The minimum atomic E-state index is 0.184. The average molecular weight is 221 g/mol. The van der Waals surface area contributed by atoms with E-state index in [4.69, 9.17) is 10.5 Å². The van der Waals surface area contributed by atoms with Crippen LogP contribution < -0.4 is 10.5 Å². The molecule has 1 atom stereocenters. The van der Waals surface area contributed by atoms with Gasteiger partial charge in [-0.25, -0.2) is 0 Å². The number of hydrogen-bond acceptors (Lipinski definition) is 2. The van der Waals surface area contributed by atoms with Gasteiger partial charge < -0.3 is 15.4 Å². The SMILES string of the molecule is CN=C(N)N(C)C(C)COc1ccccc1. The first-order chi connectivity index (χ1) is 7.65. The van der Waals surface area contributed by atoms with Crippen LogP contribution in [0.15, 0.2) is 35.3 Å². The van der Waals surface area contributed by atoms with Crippen molar-refractivity contribution < 1.29 is 4.74 Å². The Labute approximate surface area is 96.7 Å². The van der Waals surface area contributed by atoms with Crippen LogP contribution in [0.2, 0.25) is 0 Å². The van der Waals surface area contributed by atoms with Crippen LogP contribution in [-0.2, 0) is 0 Å². The molecular weight excluding hydrogens is 202 g/mol. The van der Waals surface area contributed by atoms with Gasteiger partial charge in [-0.2, -0.15) is 0 Å². The fourth-order valence-corrected chi connectivity index (χ4v) is 1.23. The van der Waals surface area contributed by atoms with Crippen molar-refractivity contribution in [2.75, 3.05) is 20.7 Å². The molecule has 0 saturated heterocycles. The van der Waals surface area contributed by atoms with Gasteiger partial charge in [0.05, 0.1) is 6.04 Å². The highest BCUT2D eigenvalue weighted by Gasteiger charge is 2.11. The monoisotopic (exact) mass is 221 g/mol. The van der Waals surface area contributed by atoms with E-state index in [9.17, 15) is 0 Å². The molecule has 0 spiro atoms. The number of nitrogens with two attached hydrogens (primary N) is 1. The van der Waals surface area contributed by atoms with Gasteiger partial charge in [-0.05, 0) is 19.1 Å². The van der Waals surface area contributed by atoms with Crippen molar-refractivity contribution in [3.8, 4) is 5.75 Å². The van der Waals surface area contributed by atoms with Crippen molar-refractivity contribution >= 4 is 5.96 Å². The van der Waals surface area contributed by atoms with E-state index >= 15 is 0 Å². The third kappa shape index (κ3) is 3.46. The normalized spacial score (nSPS) is 13.3. The summed E-state index contributed by atoms with van der Waals surface area (Å²) in [5.41, 5.74) is 5.71. The molecule has 4 heteroatoms. The molecule has 1 aromatic rings. The van der Waals surface area contributed by atoms with E-state index in [1.54, 1.807) is 7.05 Å². The molecule has 0 amide bonds.